The van der Waals surface area contributed by atoms with E-state index in [4.69, 9.17) is 4.74 Å². The SMILES string of the molecule is CC(C)CCN[C@@H]1C[C@]2(C)[C@@H](C(=O)O)CC[C@H]2[C@@H]2CC[C@H]3CCCC(OC(C)C)[C@]3(C)[C@H]21. The number of hydrogen-bond donors (Lipinski definition) is 2. The van der Waals surface area contributed by atoms with Gasteiger partial charge < -0.3 is 15.2 Å². The number of carbonyl (C=O) groups is 1. The van der Waals surface area contributed by atoms with Gasteiger partial charge in [0.25, 0.3) is 0 Å². The summed E-state index contributed by atoms with van der Waals surface area (Å²) >= 11 is 0. The first-order valence-corrected chi connectivity index (χ1v) is 13.7. The first-order valence-electron chi connectivity index (χ1n) is 13.7. The molecule has 0 heterocycles. The molecule has 0 aromatic heterocycles. The zero-order chi connectivity index (χ0) is 23.3. The Kier molecular flexibility index (Phi) is 7.05. The van der Waals surface area contributed by atoms with E-state index in [2.05, 4.69) is 46.9 Å². The third-order valence-electron chi connectivity index (χ3n) is 10.5. The lowest BCUT2D eigenvalue weighted by Gasteiger charge is -2.64. The minimum Gasteiger partial charge on any atom is -0.481 e. The van der Waals surface area contributed by atoms with E-state index < -0.39 is 5.97 Å². The monoisotopic (exact) mass is 447 g/mol. The smallest absolute Gasteiger partial charge is 0.307 e. The summed E-state index contributed by atoms with van der Waals surface area (Å²) in [7, 11) is 0. The van der Waals surface area contributed by atoms with E-state index >= 15 is 0 Å². The van der Waals surface area contributed by atoms with Crippen LogP contribution >= 0.6 is 0 Å². The van der Waals surface area contributed by atoms with Crippen molar-refractivity contribution in [3.63, 3.8) is 0 Å². The fourth-order valence-electron chi connectivity index (χ4n) is 9.16. The van der Waals surface area contributed by atoms with Crippen molar-refractivity contribution in [2.75, 3.05) is 6.54 Å². The number of carboxylic acid groups (broad SMARTS) is 1. The van der Waals surface area contributed by atoms with Gasteiger partial charge in [-0.15, -0.1) is 0 Å². The summed E-state index contributed by atoms with van der Waals surface area (Å²) < 4.78 is 6.68. The minimum absolute atomic E-state index is 0.0746. The molecular formula is C28H49NO3. The summed E-state index contributed by atoms with van der Waals surface area (Å²) in [5.74, 6) is 2.48. The first kappa shape index (κ1) is 24.5. The molecule has 184 valence electrons. The van der Waals surface area contributed by atoms with Gasteiger partial charge in [0.05, 0.1) is 18.1 Å². The molecule has 9 atom stereocenters. The predicted octanol–water partition coefficient (Wildman–Crippen LogP) is 6.14. The Balaban J connectivity index is 1.71. The maximum absolute atomic E-state index is 12.3. The lowest BCUT2D eigenvalue weighted by atomic mass is 9.43. The number of hydrogen-bond acceptors (Lipinski definition) is 3. The maximum atomic E-state index is 12.3. The van der Waals surface area contributed by atoms with Gasteiger partial charge in [0.15, 0.2) is 0 Å². The first-order chi connectivity index (χ1) is 15.1. The summed E-state index contributed by atoms with van der Waals surface area (Å²) in [6.45, 7) is 14.9. The molecule has 0 aliphatic heterocycles. The minimum atomic E-state index is -0.562. The average Bonchev–Trinajstić information content (AvgIpc) is 3.04. The number of ether oxygens (including phenoxy) is 1. The Labute approximate surface area is 196 Å². The van der Waals surface area contributed by atoms with Gasteiger partial charge in [0, 0.05) is 11.5 Å². The summed E-state index contributed by atoms with van der Waals surface area (Å²) in [5, 5.41) is 14.1. The fourth-order valence-corrected chi connectivity index (χ4v) is 9.16. The third-order valence-corrected chi connectivity index (χ3v) is 10.5. The van der Waals surface area contributed by atoms with E-state index in [0.717, 1.165) is 31.7 Å². The van der Waals surface area contributed by atoms with Crippen LogP contribution in [0, 0.1) is 46.3 Å². The van der Waals surface area contributed by atoms with Crippen LogP contribution in [0.4, 0.5) is 0 Å². The van der Waals surface area contributed by atoms with Crippen LogP contribution in [0.25, 0.3) is 0 Å². The summed E-state index contributed by atoms with van der Waals surface area (Å²) in [4.78, 5) is 12.3. The molecule has 4 heteroatoms. The van der Waals surface area contributed by atoms with Gasteiger partial charge in [0.2, 0.25) is 0 Å². The topological polar surface area (TPSA) is 58.6 Å². The quantitative estimate of drug-likeness (QED) is 0.492. The van der Waals surface area contributed by atoms with Gasteiger partial charge in [0.1, 0.15) is 0 Å². The largest absolute Gasteiger partial charge is 0.481 e. The zero-order valence-electron chi connectivity index (χ0n) is 21.5. The molecule has 0 saturated heterocycles. The molecule has 0 radical (unpaired) electrons. The Morgan fingerprint density at radius 2 is 1.81 bits per heavy atom. The third kappa shape index (κ3) is 4.06. The van der Waals surface area contributed by atoms with Crippen LogP contribution in [0.15, 0.2) is 0 Å². The van der Waals surface area contributed by atoms with Gasteiger partial charge in [-0.2, -0.15) is 0 Å². The second kappa shape index (κ2) is 9.21. The molecule has 1 unspecified atom stereocenters. The molecule has 4 saturated carbocycles. The fraction of sp³-hybridized carbons (Fsp3) is 0.964. The molecule has 32 heavy (non-hydrogen) atoms. The highest BCUT2D eigenvalue weighted by atomic mass is 16.5. The molecule has 4 fully saturated rings. The number of nitrogens with one attached hydrogen (secondary N) is 1. The Morgan fingerprint density at radius 3 is 2.47 bits per heavy atom. The van der Waals surface area contributed by atoms with E-state index in [1.807, 2.05) is 0 Å². The molecule has 4 aliphatic carbocycles. The number of rotatable bonds is 7. The van der Waals surface area contributed by atoms with Gasteiger partial charge in [-0.1, -0.05) is 34.1 Å². The molecule has 2 N–H and O–H groups in total. The van der Waals surface area contributed by atoms with E-state index in [9.17, 15) is 9.90 Å². The standard InChI is InChI=1S/C28H49NO3/c1-17(2)14-15-29-23-16-27(5)21(12-13-22(27)26(30)31)20-11-10-19-8-7-9-24(32-18(3)4)28(19,6)25(20)23/h17-25,29H,7-16H2,1-6H3,(H,30,31)/t19-,20+,21+,22-,23-,24?,25-,27+,28-/m1/s1. The van der Waals surface area contributed by atoms with Crippen molar-refractivity contribution in [2.45, 2.75) is 118 Å². The van der Waals surface area contributed by atoms with Crippen LogP contribution in [-0.4, -0.2) is 35.9 Å². The Morgan fingerprint density at radius 1 is 1.06 bits per heavy atom. The van der Waals surface area contributed by atoms with E-state index in [1.54, 1.807) is 0 Å². The average molecular weight is 448 g/mol. The van der Waals surface area contributed by atoms with Crippen LogP contribution < -0.4 is 5.32 Å². The van der Waals surface area contributed by atoms with Gasteiger partial charge >= 0.3 is 5.97 Å². The highest BCUT2D eigenvalue weighted by Gasteiger charge is 2.65. The Bertz CT molecular complexity index is 678. The second-order valence-corrected chi connectivity index (χ2v) is 13.0. The molecule has 4 rings (SSSR count). The maximum Gasteiger partial charge on any atom is 0.307 e. The zero-order valence-corrected chi connectivity index (χ0v) is 21.5. The van der Waals surface area contributed by atoms with Crippen LogP contribution in [0.5, 0.6) is 0 Å². The van der Waals surface area contributed by atoms with Gasteiger partial charge in [-0.05, 0) is 107 Å². The van der Waals surface area contributed by atoms with Crippen LogP contribution in [0.2, 0.25) is 0 Å². The van der Waals surface area contributed by atoms with Crippen molar-refractivity contribution >= 4 is 5.97 Å². The van der Waals surface area contributed by atoms with E-state index in [-0.39, 0.29) is 22.9 Å². The number of carboxylic acids is 1. The molecule has 0 spiro atoms. The highest BCUT2D eigenvalue weighted by Crippen LogP contribution is 2.67. The van der Waals surface area contributed by atoms with Crippen molar-refractivity contribution < 1.29 is 14.6 Å². The van der Waals surface area contributed by atoms with Gasteiger partial charge in [-0.3, -0.25) is 4.79 Å². The number of fused-ring (bicyclic) bond motifs is 5. The van der Waals surface area contributed by atoms with Crippen LogP contribution in [-0.2, 0) is 9.53 Å². The predicted molar refractivity (Wildman–Crippen MR) is 129 cm³/mol. The molecule has 0 aromatic carbocycles. The van der Waals surface area contributed by atoms with Crippen molar-refractivity contribution in [3.8, 4) is 0 Å². The second-order valence-electron chi connectivity index (χ2n) is 13.0. The van der Waals surface area contributed by atoms with Crippen molar-refractivity contribution in [3.05, 3.63) is 0 Å². The molecule has 0 bridgehead atoms. The summed E-state index contributed by atoms with van der Waals surface area (Å²) in [5.41, 5.74) is 0.123. The normalized spacial score (nSPS) is 46.1. The lowest BCUT2D eigenvalue weighted by molar-refractivity contribution is -0.200. The van der Waals surface area contributed by atoms with Gasteiger partial charge in [-0.25, -0.2) is 0 Å². The van der Waals surface area contributed by atoms with Crippen LogP contribution in [0.1, 0.15) is 99.3 Å². The highest BCUT2D eigenvalue weighted by molar-refractivity contribution is 5.71. The van der Waals surface area contributed by atoms with E-state index in [0.29, 0.717) is 35.8 Å². The molecule has 4 aliphatic rings. The van der Waals surface area contributed by atoms with Crippen molar-refractivity contribution in [1.29, 1.82) is 0 Å². The van der Waals surface area contributed by atoms with Crippen LogP contribution in [0.3, 0.4) is 0 Å². The lowest BCUT2D eigenvalue weighted by Crippen LogP contribution is -2.65. The van der Waals surface area contributed by atoms with Crippen molar-refractivity contribution in [1.82, 2.24) is 5.32 Å². The molecule has 0 amide bonds. The number of aliphatic carboxylic acids is 1. The van der Waals surface area contributed by atoms with Crippen molar-refractivity contribution in [2.24, 2.45) is 46.3 Å². The molecular weight excluding hydrogens is 398 g/mol. The Hall–Kier alpha value is -0.610. The summed E-state index contributed by atoms with van der Waals surface area (Å²) in [6.07, 6.45) is 11.2. The molecule has 0 aromatic rings. The van der Waals surface area contributed by atoms with E-state index in [1.165, 1.54) is 38.5 Å². The molecule has 4 nitrogen and oxygen atoms in total. The summed E-state index contributed by atoms with van der Waals surface area (Å²) in [6, 6.07) is 0.407.